The molecule has 0 amide bonds. The molecule has 1 aromatic heterocycles. The van der Waals surface area contributed by atoms with Crippen molar-refractivity contribution in [2.45, 2.75) is 0 Å². The van der Waals surface area contributed by atoms with Crippen LogP contribution in [0.2, 0.25) is 10.0 Å². The number of hydrogen-bond acceptors (Lipinski definition) is 2. The highest BCUT2D eigenvalue weighted by Gasteiger charge is 2.10. The van der Waals surface area contributed by atoms with Crippen molar-refractivity contribution in [3.63, 3.8) is 0 Å². The van der Waals surface area contributed by atoms with Gasteiger partial charge in [0.1, 0.15) is 5.75 Å². The number of nitrogens with one attached hydrogen (secondary N) is 1. The van der Waals surface area contributed by atoms with Gasteiger partial charge in [-0.1, -0.05) is 35.3 Å². The highest BCUT2D eigenvalue weighted by atomic mass is 35.5. The molecule has 5 heteroatoms. The fourth-order valence-electron chi connectivity index (χ4n) is 2.25. The predicted molar refractivity (Wildman–Crippen MR) is 86.6 cm³/mol. The van der Waals surface area contributed by atoms with Gasteiger partial charge in [-0.3, -0.25) is 4.79 Å². The van der Waals surface area contributed by atoms with E-state index in [0.717, 1.165) is 16.5 Å². The largest absolute Gasteiger partial charge is 0.495 e. The molecule has 0 unspecified atom stereocenters. The Morgan fingerprint density at radius 2 is 1.86 bits per heavy atom. The summed E-state index contributed by atoms with van der Waals surface area (Å²) in [6.45, 7) is 0. The van der Waals surface area contributed by atoms with Gasteiger partial charge < -0.3 is 9.72 Å². The van der Waals surface area contributed by atoms with E-state index in [-0.39, 0.29) is 5.56 Å². The van der Waals surface area contributed by atoms with Crippen molar-refractivity contribution < 1.29 is 4.74 Å². The molecule has 21 heavy (non-hydrogen) atoms. The van der Waals surface area contributed by atoms with Crippen molar-refractivity contribution in [2.75, 3.05) is 7.11 Å². The SMILES string of the molecule is COc1cc(-c2ccc3[nH]c(=O)ccc3c2Cl)ccc1Cl. The minimum atomic E-state index is -0.153. The fraction of sp³-hybridized carbons (Fsp3) is 0.0625. The second kappa shape index (κ2) is 5.43. The Labute approximate surface area is 131 Å². The molecule has 2 aromatic carbocycles. The normalized spacial score (nSPS) is 10.8. The second-order valence-electron chi connectivity index (χ2n) is 4.56. The van der Waals surface area contributed by atoms with Gasteiger partial charge in [0.05, 0.1) is 17.2 Å². The molecule has 0 fully saturated rings. The molecule has 0 aliphatic carbocycles. The van der Waals surface area contributed by atoms with Gasteiger partial charge in [0.25, 0.3) is 0 Å². The van der Waals surface area contributed by atoms with E-state index in [1.807, 2.05) is 24.3 Å². The molecule has 106 valence electrons. The summed E-state index contributed by atoms with van der Waals surface area (Å²) in [5, 5.41) is 1.92. The first kappa shape index (κ1) is 14.0. The molecule has 1 heterocycles. The number of pyridine rings is 1. The first-order valence-corrected chi connectivity index (χ1v) is 7.01. The fourth-order valence-corrected chi connectivity index (χ4v) is 2.78. The molecule has 3 rings (SSSR count). The van der Waals surface area contributed by atoms with Crippen LogP contribution in [0, 0.1) is 0 Å². The zero-order valence-electron chi connectivity index (χ0n) is 11.1. The number of aromatic nitrogens is 1. The molecule has 1 N–H and O–H groups in total. The van der Waals surface area contributed by atoms with E-state index in [2.05, 4.69) is 4.98 Å². The van der Waals surface area contributed by atoms with Crippen LogP contribution in [0.1, 0.15) is 0 Å². The zero-order chi connectivity index (χ0) is 15.0. The average molecular weight is 320 g/mol. The Hall–Kier alpha value is -1.97. The lowest BCUT2D eigenvalue weighted by atomic mass is 10.0. The standard InChI is InChI=1S/C16H11Cl2NO2/c1-21-14-8-9(2-5-12(14)17)10-3-6-13-11(16(10)18)4-7-15(20)19-13/h2-8H,1H3,(H,19,20). The number of methoxy groups -OCH3 is 1. The van der Waals surface area contributed by atoms with Gasteiger partial charge in [0.2, 0.25) is 5.56 Å². The summed E-state index contributed by atoms with van der Waals surface area (Å²) >= 11 is 12.5. The van der Waals surface area contributed by atoms with Crippen molar-refractivity contribution in [1.82, 2.24) is 4.98 Å². The predicted octanol–water partition coefficient (Wildman–Crippen LogP) is 4.51. The van der Waals surface area contributed by atoms with E-state index < -0.39 is 0 Å². The van der Waals surface area contributed by atoms with Crippen LogP contribution in [0.3, 0.4) is 0 Å². The number of ether oxygens (including phenoxy) is 1. The summed E-state index contributed by atoms with van der Waals surface area (Å²) in [6, 6.07) is 12.4. The lowest BCUT2D eigenvalue weighted by Gasteiger charge is -2.10. The monoisotopic (exact) mass is 319 g/mol. The summed E-state index contributed by atoms with van der Waals surface area (Å²) in [7, 11) is 1.57. The summed E-state index contributed by atoms with van der Waals surface area (Å²) in [6.07, 6.45) is 0. The zero-order valence-corrected chi connectivity index (χ0v) is 12.6. The molecule has 0 aliphatic rings. The number of halogens is 2. The molecule has 0 aliphatic heterocycles. The third-order valence-corrected chi connectivity index (χ3v) is 4.02. The third-order valence-electron chi connectivity index (χ3n) is 3.30. The van der Waals surface area contributed by atoms with Gasteiger partial charge in [-0.05, 0) is 29.8 Å². The summed E-state index contributed by atoms with van der Waals surface area (Å²) in [5.41, 5.74) is 2.30. The van der Waals surface area contributed by atoms with Crippen LogP contribution in [0.15, 0.2) is 47.3 Å². The van der Waals surface area contributed by atoms with Crippen molar-refractivity contribution in [3.05, 3.63) is 62.9 Å². The number of benzene rings is 2. The number of H-pyrrole nitrogens is 1. The van der Waals surface area contributed by atoms with Crippen LogP contribution in [0.4, 0.5) is 0 Å². The highest BCUT2D eigenvalue weighted by Crippen LogP contribution is 2.36. The van der Waals surface area contributed by atoms with Gasteiger partial charge >= 0.3 is 0 Å². The maximum Gasteiger partial charge on any atom is 0.248 e. The topological polar surface area (TPSA) is 42.1 Å². The minimum Gasteiger partial charge on any atom is -0.495 e. The summed E-state index contributed by atoms with van der Waals surface area (Å²) in [5.74, 6) is 0.590. The van der Waals surface area contributed by atoms with E-state index >= 15 is 0 Å². The van der Waals surface area contributed by atoms with E-state index in [0.29, 0.717) is 21.3 Å². The molecule has 0 saturated carbocycles. The quantitative estimate of drug-likeness (QED) is 0.755. The summed E-state index contributed by atoms with van der Waals surface area (Å²) in [4.78, 5) is 14.1. The van der Waals surface area contributed by atoms with Crippen molar-refractivity contribution in [3.8, 4) is 16.9 Å². The lowest BCUT2D eigenvalue weighted by molar-refractivity contribution is 0.415. The Morgan fingerprint density at radius 1 is 1.05 bits per heavy atom. The Balaban J connectivity index is 2.23. The van der Waals surface area contributed by atoms with Crippen LogP contribution in [-0.4, -0.2) is 12.1 Å². The lowest BCUT2D eigenvalue weighted by Crippen LogP contribution is -2.02. The maximum absolute atomic E-state index is 11.3. The number of hydrogen-bond donors (Lipinski definition) is 1. The Kier molecular flexibility index (Phi) is 3.62. The van der Waals surface area contributed by atoms with E-state index in [1.165, 1.54) is 6.07 Å². The van der Waals surface area contributed by atoms with Crippen LogP contribution in [-0.2, 0) is 0 Å². The van der Waals surface area contributed by atoms with Crippen LogP contribution >= 0.6 is 23.2 Å². The summed E-state index contributed by atoms with van der Waals surface area (Å²) < 4.78 is 5.23. The van der Waals surface area contributed by atoms with Gasteiger partial charge in [-0.25, -0.2) is 0 Å². The van der Waals surface area contributed by atoms with Gasteiger partial charge in [0, 0.05) is 22.5 Å². The Bertz CT molecular complexity index is 887. The van der Waals surface area contributed by atoms with Crippen molar-refractivity contribution >= 4 is 34.1 Å². The second-order valence-corrected chi connectivity index (χ2v) is 5.35. The molecular formula is C16H11Cl2NO2. The van der Waals surface area contributed by atoms with Crippen molar-refractivity contribution in [1.29, 1.82) is 0 Å². The molecule has 0 saturated heterocycles. The molecule has 0 spiro atoms. The molecule has 3 nitrogen and oxygen atoms in total. The van der Waals surface area contributed by atoms with E-state index in [9.17, 15) is 4.79 Å². The Morgan fingerprint density at radius 3 is 2.62 bits per heavy atom. The maximum atomic E-state index is 11.3. The minimum absolute atomic E-state index is 0.153. The van der Waals surface area contributed by atoms with Crippen LogP contribution in [0.25, 0.3) is 22.0 Å². The molecule has 3 aromatic rings. The van der Waals surface area contributed by atoms with E-state index in [4.69, 9.17) is 27.9 Å². The number of fused-ring (bicyclic) bond motifs is 1. The van der Waals surface area contributed by atoms with Crippen LogP contribution < -0.4 is 10.3 Å². The van der Waals surface area contributed by atoms with Crippen molar-refractivity contribution in [2.24, 2.45) is 0 Å². The van der Waals surface area contributed by atoms with Gasteiger partial charge in [-0.15, -0.1) is 0 Å². The number of rotatable bonds is 2. The number of aromatic amines is 1. The van der Waals surface area contributed by atoms with E-state index in [1.54, 1.807) is 19.2 Å². The first-order chi connectivity index (χ1) is 10.1. The van der Waals surface area contributed by atoms with Gasteiger partial charge in [0.15, 0.2) is 0 Å². The molecule has 0 atom stereocenters. The average Bonchev–Trinajstić information content (AvgIpc) is 2.48. The molecule has 0 radical (unpaired) electrons. The smallest absolute Gasteiger partial charge is 0.248 e. The van der Waals surface area contributed by atoms with Gasteiger partial charge in [-0.2, -0.15) is 0 Å². The molecule has 0 bridgehead atoms. The molecular weight excluding hydrogens is 309 g/mol. The highest BCUT2D eigenvalue weighted by molar-refractivity contribution is 6.38. The first-order valence-electron chi connectivity index (χ1n) is 6.25. The van der Waals surface area contributed by atoms with Crippen LogP contribution in [0.5, 0.6) is 5.75 Å². The third kappa shape index (κ3) is 2.50.